The number of benzene rings is 2. The van der Waals surface area contributed by atoms with E-state index in [2.05, 4.69) is 10.1 Å². The second-order valence-corrected chi connectivity index (χ2v) is 5.06. The zero-order valence-corrected chi connectivity index (χ0v) is 12.6. The summed E-state index contributed by atoms with van der Waals surface area (Å²) in [5.41, 5.74) is 1.47. The standard InChI is InChI=1S/C17H16F3NO3/c18-15-6-3-12(7-13(15)10-22)9-21-16(23)8-11-1-4-14(5-2-11)24-17(19)20/h1-7,17,22H,8-10H2,(H,21,23). The van der Waals surface area contributed by atoms with E-state index in [1.807, 2.05) is 0 Å². The molecule has 24 heavy (non-hydrogen) atoms. The number of hydrogen-bond acceptors (Lipinski definition) is 3. The summed E-state index contributed by atoms with van der Waals surface area (Å²) in [5.74, 6) is -0.747. The molecule has 1 amide bonds. The van der Waals surface area contributed by atoms with Crippen LogP contribution in [-0.2, 0) is 24.4 Å². The molecule has 0 fully saturated rings. The molecule has 2 rings (SSSR count). The first-order valence-corrected chi connectivity index (χ1v) is 7.16. The largest absolute Gasteiger partial charge is 0.435 e. The van der Waals surface area contributed by atoms with Gasteiger partial charge in [-0.1, -0.05) is 18.2 Å². The van der Waals surface area contributed by atoms with Gasteiger partial charge in [0.2, 0.25) is 5.91 Å². The summed E-state index contributed by atoms with van der Waals surface area (Å²) >= 11 is 0. The van der Waals surface area contributed by atoms with E-state index in [0.717, 1.165) is 0 Å². The highest BCUT2D eigenvalue weighted by Gasteiger charge is 2.07. The Balaban J connectivity index is 1.87. The number of halogens is 3. The van der Waals surface area contributed by atoms with E-state index in [-0.39, 0.29) is 30.2 Å². The highest BCUT2D eigenvalue weighted by molar-refractivity contribution is 5.78. The maximum Gasteiger partial charge on any atom is 0.387 e. The summed E-state index contributed by atoms with van der Waals surface area (Å²) in [5, 5.41) is 11.7. The molecule has 0 aliphatic carbocycles. The zero-order chi connectivity index (χ0) is 17.5. The summed E-state index contributed by atoms with van der Waals surface area (Å²) in [6.45, 7) is -3.11. The molecule has 128 valence electrons. The van der Waals surface area contributed by atoms with E-state index in [1.54, 1.807) is 0 Å². The number of ether oxygens (including phenoxy) is 1. The Labute approximate surface area is 136 Å². The fourth-order valence-corrected chi connectivity index (χ4v) is 2.10. The van der Waals surface area contributed by atoms with Crippen LogP contribution in [0.2, 0.25) is 0 Å². The van der Waals surface area contributed by atoms with Crippen molar-refractivity contribution in [1.29, 1.82) is 0 Å². The van der Waals surface area contributed by atoms with Crippen LogP contribution < -0.4 is 10.1 Å². The van der Waals surface area contributed by atoms with Crippen LogP contribution >= 0.6 is 0 Å². The minimum Gasteiger partial charge on any atom is -0.435 e. The van der Waals surface area contributed by atoms with Crippen molar-refractivity contribution < 1.29 is 27.8 Å². The molecular formula is C17H16F3NO3. The van der Waals surface area contributed by atoms with Crippen molar-refractivity contribution in [2.75, 3.05) is 0 Å². The van der Waals surface area contributed by atoms with Gasteiger partial charge in [-0.15, -0.1) is 0 Å². The van der Waals surface area contributed by atoms with E-state index in [0.29, 0.717) is 11.1 Å². The number of amides is 1. The fourth-order valence-electron chi connectivity index (χ4n) is 2.10. The second kappa shape index (κ2) is 8.35. The number of alkyl halides is 2. The zero-order valence-electron chi connectivity index (χ0n) is 12.6. The van der Waals surface area contributed by atoms with Crippen molar-refractivity contribution in [3.63, 3.8) is 0 Å². The Morgan fingerprint density at radius 1 is 1.12 bits per heavy atom. The van der Waals surface area contributed by atoms with Crippen LogP contribution in [0.4, 0.5) is 13.2 Å². The molecule has 0 heterocycles. The van der Waals surface area contributed by atoms with Gasteiger partial charge in [-0.2, -0.15) is 8.78 Å². The number of nitrogens with one attached hydrogen (secondary N) is 1. The third-order valence-corrected chi connectivity index (χ3v) is 3.28. The number of hydrogen-bond donors (Lipinski definition) is 2. The van der Waals surface area contributed by atoms with Gasteiger partial charge in [0.25, 0.3) is 0 Å². The van der Waals surface area contributed by atoms with E-state index < -0.39 is 19.0 Å². The van der Waals surface area contributed by atoms with Gasteiger partial charge in [-0.25, -0.2) is 4.39 Å². The van der Waals surface area contributed by atoms with Crippen molar-refractivity contribution in [3.8, 4) is 5.75 Å². The predicted molar refractivity (Wildman–Crippen MR) is 80.9 cm³/mol. The Morgan fingerprint density at radius 2 is 1.79 bits per heavy atom. The quantitative estimate of drug-likeness (QED) is 0.816. The summed E-state index contributed by atoms with van der Waals surface area (Å²) in [7, 11) is 0. The molecule has 0 spiro atoms. The van der Waals surface area contributed by atoms with Crippen LogP contribution in [0.15, 0.2) is 42.5 Å². The molecule has 0 atom stereocenters. The van der Waals surface area contributed by atoms with E-state index in [4.69, 9.17) is 5.11 Å². The summed E-state index contributed by atoms with van der Waals surface area (Å²) in [6.07, 6.45) is 0.0724. The van der Waals surface area contributed by atoms with Gasteiger partial charge in [-0.05, 0) is 35.4 Å². The van der Waals surface area contributed by atoms with Gasteiger partial charge in [0, 0.05) is 12.1 Å². The van der Waals surface area contributed by atoms with E-state index >= 15 is 0 Å². The lowest BCUT2D eigenvalue weighted by Gasteiger charge is -2.08. The van der Waals surface area contributed by atoms with E-state index in [1.165, 1.54) is 42.5 Å². The van der Waals surface area contributed by atoms with Crippen molar-refractivity contribution in [3.05, 3.63) is 65.0 Å². The minimum absolute atomic E-state index is 0.0250. The van der Waals surface area contributed by atoms with Crippen LogP contribution in [-0.4, -0.2) is 17.6 Å². The normalized spacial score (nSPS) is 10.7. The molecule has 0 saturated carbocycles. The highest BCUT2D eigenvalue weighted by atomic mass is 19.3. The average Bonchev–Trinajstić information content (AvgIpc) is 2.55. The average molecular weight is 339 g/mol. The molecule has 0 radical (unpaired) electrons. The van der Waals surface area contributed by atoms with E-state index in [9.17, 15) is 18.0 Å². The Kier molecular flexibility index (Phi) is 6.20. The number of aliphatic hydroxyl groups is 1. The number of carbonyl (C=O) groups excluding carboxylic acids is 1. The number of carbonyl (C=O) groups is 1. The van der Waals surface area contributed by atoms with Crippen molar-refractivity contribution in [2.24, 2.45) is 0 Å². The summed E-state index contributed by atoms with van der Waals surface area (Å²) < 4.78 is 41.6. The molecule has 0 bridgehead atoms. The lowest BCUT2D eigenvalue weighted by molar-refractivity contribution is -0.120. The van der Waals surface area contributed by atoms with Crippen LogP contribution in [0.1, 0.15) is 16.7 Å². The van der Waals surface area contributed by atoms with Crippen molar-refractivity contribution in [2.45, 2.75) is 26.2 Å². The topological polar surface area (TPSA) is 58.6 Å². The number of aliphatic hydroxyl groups excluding tert-OH is 1. The third-order valence-electron chi connectivity index (χ3n) is 3.28. The van der Waals surface area contributed by atoms with Gasteiger partial charge >= 0.3 is 6.61 Å². The molecule has 0 saturated heterocycles. The smallest absolute Gasteiger partial charge is 0.387 e. The van der Waals surface area contributed by atoms with Gasteiger partial charge < -0.3 is 15.2 Å². The van der Waals surface area contributed by atoms with Gasteiger partial charge in [0.15, 0.2) is 0 Å². The molecule has 0 aliphatic heterocycles. The monoisotopic (exact) mass is 339 g/mol. The molecule has 0 aromatic heterocycles. The molecule has 0 unspecified atom stereocenters. The van der Waals surface area contributed by atoms with Crippen molar-refractivity contribution in [1.82, 2.24) is 5.32 Å². The third kappa shape index (κ3) is 5.27. The van der Waals surface area contributed by atoms with Gasteiger partial charge in [-0.3, -0.25) is 4.79 Å². The first-order valence-electron chi connectivity index (χ1n) is 7.16. The fraction of sp³-hybridized carbons (Fsp3) is 0.235. The Hall–Kier alpha value is -2.54. The van der Waals surface area contributed by atoms with Crippen molar-refractivity contribution >= 4 is 5.91 Å². The Morgan fingerprint density at radius 3 is 2.42 bits per heavy atom. The second-order valence-electron chi connectivity index (χ2n) is 5.06. The first-order chi connectivity index (χ1) is 11.5. The molecule has 2 aromatic rings. The number of rotatable bonds is 7. The van der Waals surface area contributed by atoms with Crippen LogP contribution in [0.5, 0.6) is 5.75 Å². The highest BCUT2D eigenvalue weighted by Crippen LogP contribution is 2.15. The lowest BCUT2D eigenvalue weighted by atomic mass is 10.1. The lowest BCUT2D eigenvalue weighted by Crippen LogP contribution is -2.24. The van der Waals surface area contributed by atoms with Gasteiger partial charge in [0.1, 0.15) is 11.6 Å². The van der Waals surface area contributed by atoms with Crippen LogP contribution in [0.25, 0.3) is 0 Å². The maximum absolute atomic E-state index is 13.3. The summed E-state index contributed by atoms with van der Waals surface area (Å²) in [4.78, 5) is 11.9. The molecule has 2 N–H and O–H groups in total. The van der Waals surface area contributed by atoms with Crippen LogP contribution in [0, 0.1) is 5.82 Å². The Bertz CT molecular complexity index is 690. The van der Waals surface area contributed by atoms with Crippen LogP contribution in [0.3, 0.4) is 0 Å². The molecular weight excluding hydrogens is 323 g/mol. The minimum atomic E-state index is -2.89. The molecule has 0 aliphatic rings. The summed E-state index contributed by atoms with van der Waals surface area (Å²) in [6, 6.07) is 10.0. The molecule has 7 heteroatoms. The maximum atomic E-state index is 13.3. The predicted octanol–water partition coefficient (Wildman–Crippen LogP) is 2.78. The first kappa shape index (κ1) is 17.8. The van der Waals surface area contributed by atoms with Gasteiger partial charge in [0.05, 0.1) is 13.0 Å². The SMILES string of the molecule is O=C(Cc1ccc(OC(F)F)cc1)NCc1ccc(F)c(CO)c1. The molecule has 2 aromatic carbocycles. The molecule has 4 nitrogen and oxygen atoms in total.